The first kappa shape index (κ1) is 28.0. The molecule has 1 aromatic heterocycles. The van der Waals surface area contributed by atoms with Gasteiger partial charge in [0.25, 0.3) is 5.92 Å². The maximum Gasteiger partial charge on any atom is 0.338 e. The summed E-state index contributed by atoms with van der Waals surface area (Å²) in [4.78, 5) is 31.7. The number of anilines is 3. The Morgan fingerprint density at radius 1 is 1.02 bits per heavy atom. The highest BCUT2D eigenvalue weighted by molar-refractivity contribution is 5.99. The van der Waals surface area contributed by atoms with E-state index in [-0.39, 0.29) is 6.04 Å². The Labute approximate surface area is 238 Å². The lowest BCUT2D eigenvalue weighted by atomic mass is 9.95. The molecule has 8 heteroatoms. The van der Waals surface area contributed by atoms with Gasteiger partial charge in [-0.25, -0.2) is 18.6 Å². The number of carbonyl (C=O) groups excluding carboxylic acids is 2. The van der Waals surface area contributed by atoms with Crippen molar-refractivity contribution in [2.24, 2.45) is 5.92 Å². The molecule has 5 rings (SSSR count). The van der Waals surface area contributed by atoms with Crippen LogP contribution in [0.5, 0.6) is 0 Å². The summed E-state index contributed by atoms with van der Waals surface area (Å²) in [6.07, 6.45) is 1.20. The van der Waals surface area contributed by atoms with Gasteiger partial charge >= 0.3 is 5.97 Å². The van der Waals surface area contributed by atoms with Crippen molar-refractivity contribution in [2.75, 3.05) is 17.3 Å². The van der Waals surface area contributed by atoms with Crippen LogP contribution in [0, 0.1) is 19.8 Å². The number of alkyl halides is 2. The van der Waals surface area contributed by atoms with Gasteiger partial charge in [0.05, 0.1) is 24.4 Å². The second-order valence-electron chi connectivity index (χ2n) is 10.4. The van der Waals surface area contributed by atoms with E-state index in [2.05, 4.69) is 10.3 Å². The standard InChI is InChI=1S/C33H31F2N3O3/c1-20-10-15-26(32(40)41-4)27(18-20)24-13-11-23(12-14-24)22(3)38(25-8-6-5-7-9-25)30-29(21(2)16-17-36-30)37-31(39)28-19-33(28,34)35/h5-18,22,28H,19H2,1-4H3,(H,37,39). The number of hydrogen-bond donors (Lipinski definition) is 1. The molecule has 1 N–H and O–H groups in total. The number of halogens is 2. The fraction of sp³-hybridized carbons (Fsp3) is 0.242. The number of para-hydroxylation sites is 1. The third-order valence-electron chi connectivity index (χ3n) is 7.46. The molecule has 1 aliphatic carbocycles. The van der Waals surface area contributed by atoms with Crippen molar-refractivity contribution in [3.8, 4) is 11.1 Å². The maximum absolute atomic E-state index is 13.7. The quantitative estimate of drug-likeness (QED) is 0.226. The second kappa shape index (κ2) is 11.1. The molecular formula is C33H31F2N3O3. The first-order valence-corrected chi connectivity index (χ1v) is 13.4. The van der Waals surface area contributed by atoms with Crippen LogP contribution >= 0.6 is 0 Å². The van der Waals surface area contributed by atoms with Gasteiger partial charge in [0.1, 0.15) is 5.92 Å². The predicted octanol–water partition coefficient (Wildman–Crippen LogP) is 7.65. The van der Waals surface area contributed by atoms with Crippen LogP contribution in [0.15, 0.2) is 85.1 Å². The number of aryl methyl sites for hydroxylation is 2. The number of aromatic nitrogens is 1. The Morgan fingerprint density at radius 2 is 1.71 bits per heavy atom. The van der Waals surface area contributed by atoms with E-state index < -0.39 is 30.1 Å². The lowest BCUT2D eigenvalue weighted by Gasteiger charge is -2.33. The number of rotatable bonds is 8. The molecule has 210 valence electrons. The molecule has 0 radical (unpaired) electrons. The molecule has 6 nitrogen and oxygen atoms in total. The molecule has 1 heterocycles. The van der Waals surface area contributed by atoms with Crippen LogP contribution in [0.1, 0.15) is 46.4 Å². The Balaban J connectivity index is 1.53. The molecule has 1 saturated carbocycles. The van der Waals surface area contributed by atoms with Crippen molar-refractivity contribution in [3.05, 3.63) is 107 Å². The van der Waals surface area contributed by atoms with Crippen LogP contribution in [0.4, 0.5) is 26.0 Å². The smallest absolute Gasteiger partial charge is 0.338 e. The number of benzene rings is 3. The Hall–Kier alpha value is -4.59. The minimum absolute atomic E-state index is 0.267. The van der Waals surface area contributed by atoms with E-state index in [1.807, 2.05) is 92.4 Å². The Kier molecular flexibility index (Phi) is 7.58. The molecule has 4 aromatic rings. The fourth-order valence-electron chi connectivity index (χ4n) is 4.98. The van der Waals surface area contributed by atoms with E-state index >= 15 is 0 Å². The molecule has 0 saturated heterocycles. The van der Waals surface area contributed by atoms with Gasteiger partial charge in [0.2, 0.25) is 5.91 Å². The average Bonchev–Trinajstić information content (AvgIpc) is 3.63. The van der Waals surface area contributed by atoms with E-state index in [9.17, 15) is 18.4 Å². The Morgan fingerprint density at radius 3 is 2.34 bits per heavy atom. The molecule has 2 atom stereocenters. The van der Waals surface area contributed by atoms with Gasteiger partial charge in [0.15, 0.2) is 5.82 Å². The number of hydrogen-bond acceptors (Lipinski definition) is 5. The van der Waals surface area contributed by atoms with Gasteiger partial charge in [-0.1, -0.05) is 60.2 Å². The number of nitrogens with zero attached hydrogens (tertiary/aromatic N) is 2. The van der Waals surface area contributed by atoms with Crippen LogP contribution in [0.3, 0.4) is 0 Å². The van der Waals surface area contributed by atoms with E-state index in [0.29, 0.717) is 22.6 Å². The summed E-state index contributed by atoms with van der Waals surface area (Å²) in [5.74, 6) is -4.97. The predicted molar refractivity (Wildman–Crippen MR) is 156 cm³/mol. The molecule has 1 amide bonds. The second-order valence-corrected chi connectivity index (χ2v) is 10.4. The highest BCUT2D eigenvalue weighted by atomic mass is 19.3. The number of nitrogens with one attached hydrogen (secondary N) is 1. The summed E-state index contributed by atoms with van der Waals surface area (Å²) in [6, 6.07) is 24.5. The van der Waals surface area contributed by atoms with Crippen LogP contribution in [0.25, 0.3) is 11.1 Å². The molecule has 0 aliphatic heterocycles. The lowest BCUT2D eigenvalue weighted by Crippen LogP contribution is -2.26. The average molecular weight is 556 g/mol. The van der Waals surface area contributed by atoms with E-state index in [1.165, 1.54) is 7.11 Å². The topological polar surface area (TPSA) is 71.5 Å². The van der Waals surface area contributed by atoms with Gasteiger partial charge in [0, 0.05) is 18.3 Å². The molecule has 41 heavy (non-hydrogen) atoms. The van der Waals surface area contributed by atoms with Crippen LogP contribution in [0.2, 0.25) is 0 Å². The van der Waals surface area contributed by atoms with Crippen molar-refractivity contribution >= 4 is 29.1 Å². The van der Waals surface area contributed by atoms with Crippen LogP contribution in [-0.4, -0.2) is 29.9 Å². The third kappa shape index (κ3) is 5.68. The molecule has 0 spiro atoms. The maximum atomic E-state index is 13.7. The van der Waals surface area contributed by atoms with Crippen LogP contribution < -0.4 is 10.2 Å². The molecular weight excluding hydrogens is 524 g/mol. The molecule has 2 unspecified atom stereocenters. The van der Waals surface area contributed by atoms with Crippen molar-refractivity contribution in [3.63, 3.8) is 0 Å². The SMILES string of the molecule is COC(=O)c1ccc(C)cc1-c1ccc(C(C)N(c2ccccc2)c2nccc(C)c2NC(=O)C2CC2(F)F)cc1. The van der Waals surface area contributed by atoms with Gasteiger partial charge < -0.3 is 15.0 Å². The summed E-state index contributed by atoms with van der Waals surface area (Å²) < 4.78 is 32.3. The minimum Gasteiger partial charge on any atom is -0.465 e. The first-order chi connectivity index (χ1) is 19.6. The lowest BCUT2D eigenvalue weighted by molar-refractivity contribution is -0.119. The highest BCUT2D eigenvalue weighted by Gasteiger charge is 2.61. The van der Waals surface area contributed by atoms with Gasteiger partial charge in [-0.05, 0) is 67.3 Å². The molecule has 1 fully saturated rings. The zero-order chi connectivity index (χ0) is 29.3. The Bertz CT molecular complexity index is 1590. The number of ether oxygens (including phenoxy) is 1. The molecule has 3 aromatic carbocycles. The highest BCUT2D eigenvalue weighted by Crippen LogP contribution is 2.49. The first-order valence-electron chi connectivity index (χ1n) is 13.4. The summed E-state index contributed by atoms with van der Waals surface area (Å²) in [5.41, 5.74) is 6.02. The van der Waals surface area contributed by atoms with Crippen LogP contribution in [-0.2, 0) is 9.53 Å². The van der Waals surface area contributed by atoms with Gasteiger partial charge in [-0.2, -0.15) is 0 Å². The zero-order valence-electron chi connectivity index (χ0n) is 23.3. The van der Waals surface area contributed by atoms with E-state index in [0.717, 1.165) is 27.9 Å². The van der Waals surface area contributed by atoms with E-state index in [1.54, 1.807) is 18.3 Å². The van der Waals surface area contributed by atoms with E-state index in [4.69, 9.17) is 4.74 Å². The number of methoxy groups -OCH3 is 1. The number of carbonyl (C=O) groups is 2. The number of pyridine rings is 1. The zero-order valence-corrected chi connectivity index (χ0v) is 23.3. The summed E-state index contributed by atoms with van der Waals surface area (Å²) in [7, 11) is 1.36. The summed E-state index contributed by atoms with van der Waals surface area (Å²) in [5, 5.41) is 2.74. The molecule has 1 aliphatic rings. The largest absolute Gasteiger partial charge is 0.465 e. The summed E-state index contributed by atoms with van der Waals surface area (Å²) >= 11 is 0. The van der Waals surface area contributed by atoms with Crippen molar-refractivity contribution in [1.29, 1.82) is 0 Å². The number of esters is 1. The third-order valence-corrected chi connectivity index (χ3v) is 7.46. The van der Waals surface area contributed by atoms with Crippen molar-refractivity contribution in [1.82, 2.24) is 4.98 Å². The van der Waals surface area contributed by atoms with Gasteiger partial charge in [-0.15, -0.1) is 0 Å². The number of amides is 1. The summed E-state index contributed by atoms with van der Waals surface area (Å²) in [6.45, 7) is 5.79. The molecule has 0 bridgehead atoms. The van der Waals surface area contributed by atoms with Crippen molar-refractivity contribution in [2.45, 2.75) is 39.2 Å². The fourth-order valence-corrected chi connectivity index (χ4v) is 4.98. The van der Waals surface area contributed by atoms with Crippen molar-refractivity contribution < 1.29 is 23.1 Å². The van der Waals surface area contributed by atoms with Gasteiger partial charge in [-0.3, -0.25) is 4.79 Å². The minimum atomic E-state index is -2.97. The normalized spacial score (nSPS) is 16.0. The monoisotopic (exact) mass is 555 g/mol.